The number of nitrogens with zero attached hydrogens (tertiary/aromatic N) is 1. The Morgan fingerprint density at radius 2 is 1.78 bits per heavy atom. The molecule has 0 saturated carbocycles. The molecule has 3 aromatic rings. The molecule has 0 unspecified atom stereocenters. The maximum Gasteiger partial charge on any atom is 0.306 e. The van der Waals surface area contributed by atoms with Crippen molar-refractivity contribution < 1.29 is 19.0 Å². The van der Waals surface area contributed by atoms with E-state index in [2.05, 4.69) is 17.1 Å². The molecule has 0 spiro atoms. The first-order valence-electron chi connectivity index (χ1n) is 10.8. The highest BCUT2D eigenvalue weighted by atomic mass is 16.5. The zero-order valence-corrected chi connectivity index (χ0v) is 18.2. The van der Waals surface area contributed by atoms with Crippen LogP contribution in [0.4, 0.5) is 0 Å². The van der Waals surface area contributed by atoms with Crippen molar-refractivity contribution in [3.63, 3.8) is 0 Å². The van der Waals surface area contributed by atoms with Crippen LogP contribution in [0.15, 0.2) is 85.1 Å². The predicted molar refractivity (Wildman–Crippen MR) is 123 cm³/mol. The number of esters is 1. The van der Waals surface area contributed by atoms with E-state index in [1.807, 2.05) is 73.7 Å². The maximum absolute atomic E-state index is 12.0. The lowest BCUT2D eigenvalue weighted by Gasteiger charge is -2.41. The smallest absolute Gasteiger partial charge is 0.306 e. The summed E-state index contributed by atoms with van der Waals surface area (Å²) >= 11 is 0. The largest absolute Gasteiger partial charge is 0.490 e. The zero-order valence-electron chi connectivity index (χ0n) is 18.2. The Hall–Kier alpha value is -3.44. The van der Waals surface area contributed by atoms with Gasteiger partial charge in [0.15, 0.2) is 0 Å². The first-order valence-corrected chi connectivity index (χ1v) is 10.8. The number of ether oxygens (including phenoxy) is 3. The van der Waals surface area contributed by atoms with Gasteiger partial charge in [0.1, 0.15) is 12.4 Å². The van der Waals surface area contributed by atoms with E-state index < -0.39 is 0 Å². The van der Waals surface area contributed by atoms with Crippen LogP contribution >= 0.6 is 0 Å². The standard InChI is InChI=1S/C27H27NO4/c1-2-31-26(29)18-27(19-30-20-27)22-11-13-23(14-12-22)32-17-15-24(21-8-4-3-5-9-21)25-10-6-7-16-28-25/h3-16H,2,17-20H2,1H3/b24-15-. The summed E-state index contributed by atoms with van der Waals surface area (Å²) in [6, 6.07) is 24.0. The molecule has 4 rings (SSSR count). The van der Waals surface area contributed by atoms with Gasteiger partial charge in [-0.25, -0.2) is 0 Å². The number of pyridine rings is 1. The topological polar surface area (TPSA) is 57.7 Å². The number of carbonyl (C=O) groups excluding carboxylic acids is 1. The van der Waals surface area contributed by atoms with Gasteiger partial charge < -0.3 is 14.2 Å². The van der Waals surface area contributed by atoms with Crippen LogP contribution in [0, 0.1) is 0 Å². The summed E-state index contributed by atoms with van der Waals surface area (Å²) in [4.78, 5) is 16.5. The molecule has 0 atom stereocenters. The lowest BCUT2D eigenvalue weighted by molar-refractivity contribution is -0.151. The van der Waals surface area contributed by atoms with E-state index >= 15 is 0 Å². The molecule has 0 radical (unpaired) electrons. The summed E-state index contributed by atoms with van der Waals surface area (Å²) in [5.74, 6) is 0.578. The minimum Gasteiger partial charge on any atom is -0.490 e. The number of carbonyl (C=O) groups is 1. The molecule has 2 heterocycles. The molecule has 0 aliphatic carbocycles. The number of aromatic nitrogens is 1. The van der Waals surface area contributed by atoms with Gasteiger partial charge in [0.2, 0.25) is 0 Å². The lowest BCUT2D eigenvalue weighted by atomic mass is 9.76. The van der Waals surface area contributed by atoms with Gasteiger partial charge in [-0.1, -0.05) is 48.5 Å². The molecule has 1 fully saturated rings. The van der Waals surface area contributed by atoms with Crippen LogP contribution in [0.1, 0.15) is 30.2 Å². The second-order valence-electron chi connectivity index (χ2n) is 7.79. The van der Waals surface area contributed by atoms with Gasteiger partial charge in [-0.15, -0.1) is 0 Å². The third kappa shape index (κ3) is 5.06. The van der Waals surface area contributed by atoms with Crippen molar-refractivity contribution in [2.75, 3.05) is 26.4 Å². The minimum absolute atomic E-state index is 0.191. The number of benzene rings is 2. The van der Waals surface area contributed by atoms with Gasteiger partial charge in [0, 0.05) is 11.8 Å². The van der Waals surface area contributed by atoms with Crippen LogP contribution in [0.3, 0.4) is 0 Å². The Morgan fingerprint density at radius 1 is 1.03 bits per heavy atom. The van der Waals surface area contributed by atoms with Gasteiger partial charge in [-0.2, -0.15) is 0 Å². The first kappa shape index (κ1) is 21.8. The molecule has 0 amide bonds. The summed E-state index contributed by atoms with van der Waals surface area (Å²) in [7, 11) is 0. The Balaban J connectivity index is 1.45. The van der Waals surface area contributed by atoms with E-state index in [4.69, 9.17) is 14.2 Å². The van der Waals surface area contributed by atoms with Crippen molar-refractivity contribution in [3.8, 4) is 5.75 Å². The molecule has 2 aromatic carbocycles. The molecular weight excluding hydrogens is 402 g/mol. The van der Waals surface area contributed by atoms with Crippen molar-refractivity contribution in [2.24, 2.45) is 0 Å². The molecule has 0 bridgehead atoms. The molecule has 5 nitrogen and oxygen atoms in total. The molecule has 1 saturated heterocycles. The quantitative estimate of drug-likeness (QED) is 0.457. The highest BCUT2D eigenvalue weighted by Crippen LogP contribution is 2.37. The fraction of sp³-hybridized carbons (Fsp3) is 0.259. The Bertz CT molecular complexity index is 1000. The summed E-state index contributed by atoms with van der Waals surface area (Å²) in [5, 5.41) is 0. The van der Waals surface area contributed by atoms with Crippen LogP contribution in [-0.2, 0) is 19.7 Å². The lowest BCUT2D eigenvalue weighted by Crippen LogP contribution is -2.48. The van der Waals surface area contributed by atoms with E-state index in [-0.39, 0.29) is 11.4 Å². The van der Waals surface area contributed by atoms with Crippen molar-refractivity contribution >= 4 is 11.5 Å². The second kappa shape index (κ2) is 10.2. The Morgan fingerprint density at radius 3 is 2.41 bits per heavy atom. The molecule has 1 aromatic heterocycles. The van der Waals surface area contributed by atoms with Crippen LogP contribution in [0.5, 0.6) is 5.75 Å². The molecular formula is C27H27NO4. The van der Waals surface area contributed by atoms with E-state index in [1.54, 1.807) is 6.20 Å². The summed E-state index contributed by atoms with van der Waals surface area (Å²) in [6.07, 6.45) is 4.17. The maximum atomic E-state index is 12.0. The van der Waals surface area contributed by atoms with Crippen molar-refractivity contribution in [1.82, 2.24) is 4.98 Å². The summed E-state index contributed by atoms with van der Waals surface area (Å²) < 4.78 is 16.6. The summed E-state index contributed by atoms with van der Waals surface area (Å²) in [6.45, 7) is 3.68. The predicted octanol–water partition coefficient (Wildman–Crippen LogP) is 4.81. The fourth-order valence-corrected chi connectivity index (χ4v) is 3.84. The Kier molecular flexibility index (Phi) is 6.97. The molecule has 164 valence electrons. The highest BCUT2D eigenvalue weighted by Gasteiger charge is 2.42. The summed E-state index contributed by atoms with van der Waals surface area (Å²) in [5.41, 5.74) is 3.80. The second-order valence-corrected chi connectivity index (χ2v) is 7.79. The van der Waals surface area contributed by atoms with Crippen LogP contribution < -0.4 is 4.74 Å². The third-order valence-corrected chi connectivity index (χ3v) is 5.57. The highest BCUT2D eigenvalue weighted by molar-refractivity contribution is 5.77. The SMILES string of the molecule is CCOC(=O)CC1(c2ccc(OC/C=C(/c3ccccc3)c3ccccn3)cc2)COC1. The van der Waals surface area contributed by atoms with Crippen molar-refractivity contribution in [1.29, 1.82) is 0 Å². The monoisotopic (exact) mass is 429 g/mol. The average molecular weight is 430 g/mol. The normalized spacial score (nSPS) is 15.0. The van der Waals surface area contributed by atoms with E-state index in [0.29, 0.717) is 32.8 Å². The van der Waals surface area contributed by atoms with Gasteiger partial charge in [0.05, 0.1) is 37.4 Å². The van der Waals surface area contributed by atoms with E-state index in [9.17, 15) is 4.79 Å². The van der Waals surface area contributed by atoms with Crippen molar-refractivity contribution in [2.45, 2.75) is 18.8 Å². The van der Waals surface area contributed by atoms with E-state index in [1.165, 1.54) is 0 Å². The molecule has 5 heteroatoms. The molecule has 1 aliphatic rings. The third-order valence-electron chi connectivity index (χ3n) is 5.57. The van der Waals surface area contributed by atoms with Gasteiger partial charge >= 0.3 is 5.97 Å². The van der Waals surface area contributed by atoms with Crippen LogP contribution in [-0.4, -0.2) is 37.4 Å². The van der Waals surface area contributed by atoms with E-state index in [0.717, 1.165) is 28.1 Å². The minimum atomic E-state index is -0.301. The Labute approximate surface area is 188 Å². The van der Waals surface area contributed by atoms with Crippen LogP contribution in [0.2, 0.25) is 0 Å². The van der Waals surface area contributed by atoms with Gasteiger partial charge in [-0.05, 0) is 48.4 Å². The average Bonchev–Trinajstić information content (AvgIpc) is 2.81. The molecule has 32 heavy (non-hydrogen) atoms. The molecule has 1 aliphatic heterocycles. The fourth-order valence-electron chi connectivity index (χ4n) is 3.84. The number of hydrogen-bond donors (Lipinski definition) is 0. The zero-order chi connectivity index (χ0) is 22.2. The van der Waals surface area contributed by atoms with Crippen LogP contribution in [0.25, 0.3) is 5.57 Å². The van der Waals surface area contributed by atoms with Gasteiger partial charge in [0.25, 0.3) is 0 Å². The van der Waals surface area contributed by atoms with Gasteiger partial charge in [-0.3, -0.25) is 9.78 Å². The first-order chi connectivity index (χ1) is 15.7. The molecule has 0 N–H and O–H groups in total. The number of rotatable bonds is 9. The van der Waals surface area contributed by atoms with Crippen molar-refractivity contribution in [3.05, 3.63) is 102 Å². The number of hydrogen-bond acceptors (Lipinski definition) is 5.